The molecule has 0 radical (unpaired) electrons. The summed E-state index contributed by atoms with van der Waals surface area (Å²) in [6, 6.07) is 12.3. The average Bonchev–Trinajstić information content (AvgIpc) is 3.29. The molecule has 4 aromatic rings. The van der Waals surface area contributed by atoms with Crippen molar-refractivity contribution in [2.75, 3.05) is 0 Å². The van der Waals surface area contributed by atoms with Crippen molar-refractivity contribution in [1.29, 1.82) is 0 Å². The number of nitrogens with zero attached hydrogens (tertiary/aromatic N) is 8. The predicted octanol–water partition coefficient (Wildman–Crippen LogP) is 2.44. The molecule has 168 valence electrons. The van der Waals surface area contributed by atoms with Gasteiger partial charge in [0.05, 0.1) is 0 Å². The van der Waals surface area contributed by atoms with Gasteiger partial charge in [0, 0.05) is 20.5 Å². The minimum Gasteiger partial charge on any atom is -0.380 e. The molecule has 1 N–H and O–H groups in total. The van der Waals surface area contributed by atoms with Crippen LogP contribution in [-0.2, 0) is 26.1 Å². The van der Waals surface area contributed by atoms with E-state index in [9.17, 15) is 5.11 Å². The highest BCUT2D eigenvalue weighted by molar-refractivity contribution is 5.46. The van der Waals surface area contributed by atoms with Gasteiger partial charge in [-0.1, -0.05) is 47.5 Å². The van der Waals surface area contributed by atoms with Crippen molar-refractivity contribution in [3.05, 3.63) is 81.4 Å². The van der Waals surface area contributed by atoms with Gasteiger partial charge in [-0.05, 0) is 77.7 Å². The summed E-state index contributed by atoms with van der Waals surface area (Å²) >= 11 is 0. The van der Waals surface area contributed by atoms with Crippen molar-refractivity contribution in [1.82, 2.24) is 40.4 Å². The number of hydrogen-bond acceptors (Lipinski definition) is 7. The topological polar surface area (TPSA) is 107 Å². The fourth-order valence-corrected chi connectivity index (χ4v) is 3.79. The fourth-order valence-electron chi connectivity index (χ4n) is 3.79. The first-order chi connectivity index (χ1) is 15.1. The molecule has 0 amide bonds. The predicted molar refractivity (Wildman–Crippen MR) is 121 cm³/mol. The van der Waals surface area contributed by atoms with E-state index in [0.717, 1.165) is 28.1 Å². The number of aryl methyl sites for hydroxylation is 7. The lowest BCUT2D eigenvalue weighted by Gasteiger charge is -2.32. The van der Waals surface area contributed by atoms with E-state index in [-0.39, 0.29) is 0 Å². The van der Waals surface area contributed by atoms with Crippen molar-refractivity contribution in [3.63, 3.8) is 0 Å². The molecule has 0 atom stereocenters. The number of benzene rings is 2. The number of aromatic nitrogens is 8. The lowest BCUT2D eigenvalue weighted by atomic mass is 9.78. The summed E-state index contributed by atoms with van der Waals surface area (Å²) < 4.78 is 3.22. The quantitative estimate of drug-likeness (QED) is 0.526. The van der Waals surface area contributed by atoms with Crippen molar-refractivity contribution in [3.8, 4) is 0 Å². The van der Waals surface area contributed by atoms with Crippen LogP contribution in [0.1, 0.15) is 45.0 Å². The number of aliphatic hydroxyl groups is 1. The maximum Gasteiger partial charge on any atom is 0.154 e. The largest absolute Gasteiger partial charge is 0.380 e. The van der Waals surface area contributed by atoms with Crippen molar-refractivity contribution in [2.24, 2.45) is 14.1 Å². The van der Waals surface area contributed by atoms with E-state index >= 15 is 0 Å². The van der Waals surface area contributed by atoms with Crippen LogP contribution in [0, 0.1) is 34.6 Å². The van der Waals surface area contributed by atoms with Gasteiger partial charge in [-0.3, -0.25) is 0 Å². The first-order valence-corrected chi connectivity index (χ1v) is 10.4. The summed E-state index contributed by atoms with van der Waals surface area (Å²) in [7, 11) is 3.59. The Morgan fingerprint density at radius 1 is 0.750 bits per heavy atom. The molecule has 0 fully saturated rings. The maximum absolute atomic E-state index is 11.9. The Labute approximate surface area is 188 Å². The second-order valence-corrected chi connectivity index (χ2v) is 8.24. The molecule has 0 aliphatic rings. The van der Waals surface area contributed by atoms with Crippen LogP contribution < -0.4 is 0 Å². The summed E-state index contributed by atoms with van der Waals surface area (Å²) in [4.78, 5) is 0. The van der Waals surface area contributed by atoms with Crippen LogP contribution in [-0.4, -0.2) is 45.5 Å². The molecule has 2 heterocycles. The van der Waals surface area contributed by atoms with E-state index < -0.39 is 5.60 Å². The van der Waals surface area contributed by atoms with Crippen LogP contribution in [0.3, 0.4) is 0 Å². The SMILES string of the molecule is Cc1ccc(C(O)(Cc2nnnn2C)c2ccc(C)cc2C)c(C)c1.Cc1nnnn1C. The first kappa shape index (κ1) is 23.2. The summed E-state index contributed by atoms with van der Waals surface area (Å²) in [5.74, 6) is 1.47. The Kier molecular flexibility index (Phi) is 6.78. The third kappa shape index (κ3) is 4.88. The monoisotopic (exact) mass is 434 g/mol. The zero-order valence-electron chi connectivity index (χ0n) is 19.7. The molecule has 9 heteroatoms. The number of tetrazole rings is 2. The Morgan fingerprint density at radius 2 is 1.25 bits per heavy atom. The molecule has 0 saturated heterocycles. The second kappa shape index (κ2) is 9.35. The van der Waals surface area contributed by atoms with Gasteiger partial charge in [0.25, 0.3) is 0 Å². The molecule has 0 spiro atoms. The van der Waals surface area contributed by atoms with Gasteiger partial charge in [0.2, 0.25) is 0 Å². The molecule has 32 heavy (non-hydrogen) atoms. The van der Waals surface area contributed by atoms with Gasteiger partial charge in [0.1, 0.15) is 11.4 Å². The Bertz CT molecular complexity index is 1140. The maximum atomic E-state index is 11.9. The van der Waals surface area contributed by atoms with Crippen LogP contribution in [0.5, 0.6) is 0 Å². The zero-order chi connectivity index (χ0) is 23.5. The second-order valence-electron chi connectivity index (χ2n) is 8.24. The van der Waals surface area contributed by atoms with E-state index in [1.807, 2.05) is 45.0 Å². The van der Waals surface area contributed by atoms with Gasteiger partial charge in [-0.15, -0.1) is 10.2 Å². The molecule has 0 unspecified atom stereocenters. The Balaban J connectivity index is 0.000000352. The van der Waals surface area contributed by atoms with Crippen LogP contribution >= 0.6 is 0 Å². The number of rotatable bonds is 4. The van der Waals surface area contributed by atoms with Gasteiger partial charge in [-0.25, -0.2) is 9.36 Å². The van der Waals surface area contributed by atoms with E-state index in [1.54, 1.807) is 23.5 Å². The third-order valence-corrected chi connectivity index (χ3v) is 5.61. The molecule has 2 aromatic heterocycles. The van der Waals surface area contributed by atoms with Crippen molar-refractivity contribution >= 4 is 0 Å². The van der Waals surface area contributed by atoms with E-state index in [4.69, 9.17) is 0 Å². The standard InChI is InChI=1S/C20H24N4O.C3H6N4/c1-13-6-8-17(15(3)10-13)20(25,12-19-21-22-23-24(19)5)18-9-7-14(2)11-16(18)4;1-3-4-5-6-7(3)2/h6-11,25H,12H2,1-5H3;1-2H3. The molecular formula is C23H30N8O. The molecular weight excluding hydrogens is 404 g/mol. The van der Waals surface area contributed by atoms with Crippen LogP contribution in [0.15, 0.2) is 36.4 Å². The third-order valence-electron chi connectivity index (χ3n) is 5.61. The van der Waals surface area contributed by atoms with Crippen LogP contribution in [0.25, 0.3) is 0 Å². The molecule has 0 aliphatic carbocycles. The first-order valence-electron chi connectivity index (χ1n) is 10.4. The Hall–Kier alpha value is -3.46. The van der Waals surface area contributed by atoms with E-state index in [0.29, 0.717) is 12.2 Å². The zero-order valence-corrected chi connectivity index (χ0v) is 19.7. The lowest BCUT2D eigenvalue weighted by molar-refractivity contribution is 0.0764. The lowest BCUT2D eigenvalue weighted by Crippen LogP contribution is -2.33. The smallest absolute Gasteiger partial charge is 0.154 e. The van der Waals surface area contributed by atoms with Crippen molar-refractivity contribution < 1.29 is 5.11 Å². The highest BCUT2D eigenvalue weighted by atomic mass is 16.3. The van der Waals surface area contributed by atoms with E-state index in [2.05, 4.69) is 57.0 Å². The summed E-state index contributed by atoms with van der Waals surface area (Å²) in [6.07, 6.45) is 0.310. The molecule has 0 saturated carbocycles. The summed E-state index contributed by atoms with van der Waals surface area (Å²) in [6.45, 7) is 10.0. The normalized spacial score (nSPS) is 11.2. The minimum atomic E-state index is -1.20. The number of hydrogen-bond donors (Lipinski definition) is 1. The van der Waals surface area contributed by atoms with Gasteiger partial charge >= 0.3 is 0 Å². The Morgan fingerprint density at radius 3 is 1.59 bits per heavy atom. The minimum absolute atomic E-state index is 0.310. The molecule has 0 bridgehead atoms. The summed E-state index contributed by atoms with van der Waals surface area (Å²) in [5, 5.41) is 34.2. The highest BCUT2D eigenvalue weighted by Gasteiger charge is 2.36. The fraction of sp³-hybridized carbons (Fsp3) is 0.391. The molecule has 0 aliphatic heterocycles. The van der Waals surface area contributed by atoms with Gasteiger partial charge < -0.3 is 5.11 Å². The highest BCUT2D eigenvalue weighted by Crippen LogP contribution is 2.37. The van der Waals surface area contributed by atoms with Crippen LogP contribution in [0.4, 0.5) is 0 Å². The van der Waals surface area contributed by atoms with Gasteiger partial charge in [0.15, 0.2) is 5.82 Å². The molecule has 9 nitrogen and oxygen atoms in total. The van der Waals surface area contributed by atoms with Crippen LogP contribution in [0.2, 0.25) is 0 Å². The molecule has 4 rings (SSSR count). The van der Waals surface area contributed by atoms with Crippen molar-refractivity contribution in [2.45, 2.75) is 46.6 Å². The van der Waals surface area contributed by atoms with E-state index in [1.165, 1.54) is 11.1 Å². The average molecular weight is 435 g/mol. The van der Waals surface area contributed by atoms with Gasteiger partial charge in [-0.2, -0.15) is 0 Å². The molecule has 2 aromatic carbocycles. The summed E-state index contributed by atoms with van der Waals surface area (Å²) in [5.41, 5.74) is 5.02.